The molecule has 0 aliphatic carbocycles. The quantitative estimate of drug-likeness (QED) is 0.558. The van der Waals surface area contributed by atoms with Crippen molar-refractivity contribution in [1.29, 1.82) is 0 Å². The molecule has 1 aromatic carbocycles. The van der Waals surface area contributed by atoms with Gasteiger partial charge in [-0.1, -0.05) is 25.6 Å². The van der Waals surface area contributed by atoms with Crippen LogP contribution in [0.5, 0.6) is 5.75 Å². The minimum Gasteiger partial charge on any atom is -0.497 e. The third-order valence-corrected chi connectivity index (χ3v) is 4.33. The molecule has 2 rings (SSSR count). The zero-order valence-electron chi connectivity index (χ0n) is 14.2. The lowest BCUT2D eigenvalue weighted by atomic mass is 10.1. The smallest absolute Gasteiger partial charge is 0.230 e. The average molecular weight is 349 g/mol. The number of thioether (sulfide) groups is 1. The van der Waals surface area contributed by atoms with Crippen molar-refractivity contribution in [1.82, 2.24) is 20.2 Å². The van der Waals surface area contributed by atoms with Crippen LogP contribution in [-0.4, -0.2) is 40.2 Å². The summed E-state index contributed by atoms with van der Waals surface area (Å²) in [7, 11) is 1.61. The molecule has 1 heterocycles. The van der Waals surface area contributed by atoms with Crippen LogP contribution >= 0.6 is 11.8 Å². The minimum atomic E-state index is -0.0327. The highest BCUT2D eigenvalue weighted by molar-refractivity contribution is 7.99. The second kappa shape index (κ2) is 8.58. The van der Waals surface area contributed by atoms with E-state index in [-0.39, 0.29) is 11.7 Å². The van der Waals surface area contributed by atoms with Crippen LogP contribution < -0.4 is 15.9 Å². The van der Waals surface area contributed by atoms with E-state index in [1.165, 1.54) is 16.4 Å². The first-order chi connectivity index (χ1) is 11.5. The van der Waals surface area contributed by atoms with Gasteiger partial charge in [-0.2, -0.15) is 0 Å². The lowest BCUT2D eigenvalue weighted by molar-refractivity contribution is -0.118. The molecule has 8 heteroatoms. The van der Waals surface area contributed by atoms with Crippen molar-refractivity contribution < 1.29 is 9.53 Å². The van der Waals surface area contributed by atoms with Gasteiger partial charge < -0.3 is 15.9 Å². The summed E-state index contributed by atoms with van der Waals surface area (Å²) in [5.41, 5.74) is 0.832. The largest absolute Gasteiger partial charge is 0.497 e. The molecule has 24 heavy (non-hydrogen) atoms. The monoisotopic (exact) mass is 349 g/mol. The fraction of sp³-hybridized carbons (Fsp3) is 0.438. The number of amides is 1. The van der Waals surface area contributed by atoms with Crippen molar-refractivity contribution in [2.75, 3.05) is 25.3 Å². The number of nitrogens with two attached hydrogens (primary N) is 1. The number of benzene rings is 1. The fourth-order valence-corrected chi connectivity index (χ4v) is 2.68. The number of ether oxygens (including phenoxy) is 1. The van der Waals surface area contributed by atoms with Crippen molar-refractivity contribution >= 4 is 17.7 Å². The predicted molar refractivity (Wildman–Crippen MR) is 95.3 cm³/mol. The summed E-state index contributed by atoms with van der Waals surface area (Å²) >= 11 is 1.26. The van der Waals surface area contributed by atoms with Gasteiger partial charge in [0.1, 0.15) is 5.75 Å². The molecule has 130 valence electrons. The van der Waals surface area contributed by atoms with Gasteiger partial charge in [0, 0.05) is 12.1 Å². The molecule has 2 aromatic rings. The van der Waals surface area contributed by atoms with Crippen LogP contribution in [0.15, 0.2) is 29.4 Å². The minimum absolute atomic E-state index is 0.0327. The lowest BCUT2D eigenvalue weighted by Crippen LogP contribution is -2.27. The molecule has 0 radical (unpaired) electrons. The standard InChI is InChI=1S/C16H23N5O2S/c1-11(2)8-9-18-14(22)10-24-16-20-19-15(21(16)17)12-4-6-13(23-3)7-5-12/h4-7,11H,8-10,17H2,1-3H3,(H,18,22). The van der Waals surface area contributed by atoms with E-state index >= 15 is 0 Å². The third-order valence-electron chi connectivity index (χ3n) is 3.39. The molecule has 0 bridgehead atoms. The second-order valence-corrected chi connectivity index (χ2v) is 6.67. The van der Waals surface area contributed by atoms with Gasteiger partial charge in [0.15, 0.2) is 5.82 Å². The molecule has 3 N–H and O–H groups in total. The molecule has 0 spiro atoms. The normalized spacial score (nSPS) is 10.8. The van der Waals surface area contributed by atoms with Crippen LogP contribution in [0.1, 0.15) is 20.3 Å². The predicted octanol–water partition coefficient (Wildman–Crippen LogP) is 1.92. The molecule has 0 aliphatic rings. The first kappa shape index (κ1) is 18.1. The Kier molecular flexibility index (Phi) is 6.48. The molecule has 0 atom stereocenters. The van der Waals surface area contributed by atoms with Gasteiger partial charge in [0.2, 0.25) is 11.1 Å². The van der Waals surface area contributed by atoms with E-state index in [1.807, 2.05) is 24.3 Å². The first-order valence-electron chi connectivity index (χ1n) is 7.75. The molecule has 0 saturated heterocycles. The highest BCUT2D eigenvalue weighted by atomic mass is 32.2. The van der Waals surface area contributed by atoms with Crippen LogP contribution in [0.3, 0.4) is 0 Å². The number of rotatable bonds is 8. The van der Waals surface area contributed by atoms with E-state index < -0.39 is 0 Å². The zero-order chi connectivity index (χ0) is 17.5. The number of hydrogen-bond acceptors (Lipinski definition) is 6. The Bertz CT molecular complexity index is 670. The van der Waals surface area contributed by atoms with Crippen molar-refractivity contribution in [2.45, 2.75) is 25.4 Å². The molecule has 0 saturated carbocycles. The highest BCUT2D eigenvalue weighted by Gasteiger charge is 2.13. The Balaban J connectivity index is 1.93. The van der Waals surface area contributed by atoms with Gasteiger partial charge in [-0.05, 0) is 36.6 Å². The third kappa shape index (κ3) is 4.89. The number of aromatic nitrogens is 3. The van der Waals surface area contributed by atoms with Gasteiger partial charge in [-0.3, -0.25) is 4.79 Å². The number of nitrogen functional groups attached to an aromatic ring is 1. The Labute approximate surface area is 145 Å². The van der Waals surface area contributed by atoms with Crippen molar-refractivity contribution in [3.8, 4) is 17.1 Å². The van der Waals surface area contributed by atoms with Crippen molar-refractivity contribution in [3.63, 3.8) is 0 Å². The molecule has 1 aromatic heterocycles. The van der Waals surface area contributed by atoms with E-state index in [0.29, 0.717) is 23.4 Å². The molecule has 0 aliphatic heterocycles. The number of nitrogens with one attached hydrogen (secondary N) is 1. The van der Waals surface area contributed by atoms with Crippen molar-refractivity contribution in [3.05, 3.63) is 24.3 Å². The number of nitrogens with zero attached hydrogens (tertiary/aromatic N) is 3. The maximum Gasteiger partial charge on any atom is 0.230 e. The lowest BCUT2D eigenvalue weighted by Gasteiger charge is -2.07. The van der Waals surface area contributed by atoms with E-state index in [4.69, 9.17) is 10.6 Å². The summed E-state index contributed by atoms with van der Waals surface area (Å²) in [6.07, 6.45) is 0.963. The van der Waals surface area contributed by atoms with Crippen molar-refractivity contribution in [2.24, 2.45) is 5.92 Å². The Hall–Kier alpha value is -2.22. The average Bonchev–Trinajstić information content (AvgIpc) is 2.93. The summed E-state index contributed by atoms with van der Waals surface area (Å²) in [5.74, 6) is 8.13. The molecular formula is C16H23N5O2S. The summed E-state index contributed by atoms with van der Waals surface area (Å²) in [6, 6.07) is 7.39. The maximum atomic E-state index is 11.8. The van der Waals surface area contributed by atoms with Crippen LogP contribution in [0, 0.1) is 5.92 Å². The number of hydrogen-bond donors (Lipinski definition) is 2. The Morgan fingerprint density at radius 1 is 1.33 bits per heavy atom. The van der Waals surface area contributed by atoms with E-state index in [1.54, 1.807) is 7.11 Å². The Morgan fingerprint density at radius 3 is 2.67 bits per heavy atom. The summed E-state index contributed by atoms with van der Waals surface area (Å²) in [4.78, 5) is 11.8. The fourth-order valence-electron chi connectivity index (χ4n) is 1.99. The first-order valence-corrected chi connectivity index (χ1v) is 8.74. The van der Waals surface area contributed by atoms with Crippen LogP contribution in [0.2, 0.25) is 0 Å². The van der Waals surface area contributed by atoms with Gasteiger partial charge in [-0.25, -0.2) is 4.68 Å². The number of carbonyl (C=O) groups is 1. The van der Waals surface area contributed by atoms with Gasteiger partial charge >= 0.3 is 0 Å². The van der Waals surface area contributed by atoms with E-state index in [0.717, 1.165) is 17.7 Å². The van der Waals surface area contributed by atoms with Crippen LogP contribution in [-0.2, 0) is 4.79 Å². The highest BCUT2D eigenvalue weighted by Crippen LogP contribution is 2.23. The molecule has 0 unspecified atom stereocenters. The van der Waals surface area contributed by atoms with Crippen LogP contribution in [0.25, 0.3) is 11.4 Å². The van der Waals surface area contributed by atoms with Gasteiger partial charge in [0.05, 0.1) is 12.9 Å². The number of carbonyl (C=O) groups excluding carboxylic acids is 1. The van der Waals surface area contributed by atoms with E-state index in [9.17, 15) is 4.79 Å². The second-order valence-electron chi connectivity index (χ2n) is 5.73. The SMILES string of the molecule is COc1ccc(-c2nnc(SCC(=O)NCCC(C)C)n2N)cc1. The van der Waals surface area contributed by atoms with Gasteiger partial charge in [-0.15, -0.1) is 10.2 Å². The topological polar surface area (TPSA) is 95.1 Å². The van der Waals surface area contributed by atoms with Gasteiger partial charge in [0.25, 0.3) is 0 Å². The number of methoxy groups -OCH3 is 1. The summed E-state index contributed by atoms with van der Waals surface area (Å²) in [6.45, 7) is 4.93. The Morgan fingerprint density at radius 2 is 2.04 bits per heavy atom. The summed E-state index contributed by atoms with van der Waals surface area (Å²) in [5, 5.41) is 11.5. The molecule has 1 amide bonds. The zero-order valence-corrected chi connectivity index (χ0v) is 15.0. The maximum absolute atomic E-state index is 11.8. The molecule has 0 fully saturated rings. The molecular weight excluding hydrogens is 326 g/mol. The summed E-state index contributed by atoms with van der Waals surface area (Å²) < 4.78 is 6.53. The van der Waals surface area contributed by atoms with E-state index in [2.05, 4.69) is 29.4 Å². The molecule has 7 nitrogen and oxygen atoms in total. The van der Waals surface area contributed by atoms with Crippen LogP contribution in [0.4, 0.5) is 0 Å².